The number of aryl methyl sites for hydroxylation is 2. The molecule has 0 aromatic heterocycles. The summed E-state index contributed by atoms with van der Waals surface area (Å²) in [5.41, 5.74) is 2.85. The zero-order valence-corrected chi connectivity index (χ0v) is 18.6. The lowest BCUT2D eigenvalue weighted by Crippen LogP contribution is -2.49. The van der Waals surface area contributed by atoms with E-state index in [2.05, 4.69) is 5.32 Å². The predicted octanol–water partition coefficient (Wildman–Crippen LogP) is 4.54. The van der Waals surface area contributed by atoms with Gasteiger partial charge >= 0.3 is 0 Å². The molecule has 0 saturated heterocycles. The van der Waals surface area contributed by atoms with Crippen molar-refractivity contribution in [1.29, 1.82) is 0 Å². The number of likely N-dealkylation sites (N-methyl/N-ethyl adjacent to an activating group) is 1. The molecule has 0 aliphatic carbocycles. The van der Waals surface area contributed by atoms with E-state index in [1.165, 1.54) is 4.90 Å². The molecule has 156 valence electrons. The molecule has 0 saturated carbocycles. The fourth-order valence-electron chi connectivity index (χ4n) is 3.10. The minimum atomic E-state index is -0.621. The minimum Gasteiger partial charge on any atom is -0.483 e. The monoisotopic (exact) mass is 436 g/mol. The molecule has 0 spiro atoms. The summed E-state index contributed by atoms with van der Waals surface area (Å²) in [6, 6.07) is 10.3. The van der Waals surface area contributed by atoms with Crippen LogP contribution in [-0.2, 0) is 16.1 Å². The van der Waals surface area contributed by atoms with Gasteiger partial charge in [0.1, 0.15) is 11.8 Å². The van der Waals surface area contributed by atoms with Crippen LogP contribution in [0.5, 0.6) is 5.75 Å². The average molecular weight is 437 g/mol. The van der Waals surface area contributed by atoms with E-state index in [1.807, 2.05) is 39.0 Å². The van der Waals surface area contributed by atoms with E-state index in [4.69, 9.17) is 27.9 Å². The molecule has 29 heavy (non-hydrogen) atoms. The van der Waals surface area contributed by atoms with E-state index >= 15 is 0 Å². The molecule has 2 aromatic carbocycles. The molecule has 2 amide bonds. The quantitative estimate of drug-likeness (QED) is 0.660. The third kappa shape index (κ3) is 6.12. The molecule has 0 unspecified atom stereocenters. The Balaban J connectivity index is 2.23. The van der Waals surface area contributed by atoms with Crippen LogP contribution in [0.15, 0.2) is 36.4 Å². The number of nitrogens with zero attached hydrogens (tertiary/aromatic N) is 1. The molecule has 0 heterocycles. The summed E-state index contributed by atoms with van der Waals surface area (Å²) in [5, 5.41) is 3.46. The Hall–Kier alpha value is -2.24. The number of hydrogen-bond donors (Lipinski definition) is 1. The fourth-order valence-corrected chi connectivity index (χ4v) is 3.43. The van der Waals surface area contributed by atoms with E-state index in [0.29, 0.717) is 22.2 Å². The summed E-state index contributed by atoms with van der Waals surface area (Å²) in [7, 11) is 1.55. The largest absolute Gasteiger partial charge is 0.483 e. The van der Waals surface area contributed by atoms with Crippen LogP contribution in [-0.4, -0.2) is 36.4 Å². The van der Waals surface area contributed by atoms with Crippen molar-refractivity contribution in [2.24, 2.45) is 0 Å². The second kappa shape index (κ2) is 10.5. The van der Waals surface area contributed by atoms with Crippen LogP contribution < -0.4 is 10.1 Å². The molecule has 2 rings (SSSR count). The van der Waals surface area contributed by atoms with Crippen LogP contribution >= 0.6 is 23.2 Å². The summed E-state index contributed by atoms with van der Waals surface area (Å²) in [6.07, 6.45) is 0.469. The van der Waals surface area contributed by atoms with Crippen LogP contribution in [0.4, 0.5) is 0 Å². The Labute approximate surface area is 181 Å². The molecule has 0 fully saturated rings. The predicted molar refractivity (Wildman–Crippen MR) is 117 cm³/mol. The smallest absolute Gasteiger partial charge is 0.261 e. The van der Waals surface area contributed by atoms with Crippen LogP contribution in [0.3, 0.4) is 0 Å². The maximum atomic E-state index is 13.0. The summed E-state index contributed by atoms with van der Waals surface area (Å²) in [4.78, 5) is 26.9. The summed E-state index contributed by atoms with van der Waals surface area (Å²) >= 11 is 12.1. The third-order valence-corrected chi connectivity index (χ3v) is 5.39. The number of amides is 2. The van der Waals surface area contributed by atoms with Gasteiger partial charge in [-0.25, -0.2) is 0 Å². The molecule has 5 nitrogen and oxygen atoms in total. The average Bonchev–Trinajstić information content (AvgIpc) is 2.69. The lowest BCUT2D eigenvalue weighted by Gasteiger charge is -2.30. The number of carbonyl (C=O) groups is 2. The maximum absolute atomic E-state index is 13.0. The third-order valence-electron chi connectivity index (χ3n) is 4.65. The van der Waals surface area contributed by atoms with Gasteiger partial charge in [-0.15, -0.1) is 0 Å². The number of carbonyl (C=O) groups excluding carboxylic acids is 2. The molecule has 1 N–H and O–H groups in total. The second-order valence-electron chi connectivity index (χ2n) is 6.87. The van der Waals surface area contributed by atoms with Crippen LogP contribution in [0.1, 0.15) is 30.0 Å². The van der Waals surface area contributed by atoms with Crippen molar-refractivity contribution in [3.63, 3.8) is 0 Å². The van der Waals surface area contributed by atoms with Gasteiger partial charge in [-0.1, -0.05) is 53.9 Å². The SMILES string of the molecule is CC[C@@H](C(=O)NC)N(Cc1ccc(Cl)c(Cl)c1)C(=O)COc1ccc(C)cc1C. The van der Waals surface area contributed by atoms with Gasteiger partial charge in [0.15, 0.2) is 6.61 Å². The lowest BCUT2D eigenvalue weighted by atomic mass is 10.1. The number of ether oxygens (including phenoxy) is 1. The highest BCUT2D eigenvalue weighted by atomic mass is 35.5. The highest BCUT2D eigenvalue weighted by Gasteiger charge is 2.28. The van der Waals surface area contributed by atoms with Gasteiger partial charge in [-0.3, -0.25) is 9.59 Å². The van der Waals surface area contributed by atoms with Gasteiger partial charge in [0, 0.05) is 13.6 Å². The number of rotatable bonds is 8. The number of halogens is 2. The number of hydrogen-bond acceptors (Lipinski definition) is 3. The first kappa shape index (κ1) is 23.0. The Morgan fingerprint density at radius 2 is 1.83 bits per heavy atom. The topological polar surface area (TPSA) is 58.6 Å². The Morgan fingerprint density at radius 1 is 1.10 bits per heavy atom. The Kier molecular flexibility index (Phi) is 8.35. The first-order chi connectivity index (χ1) is 13.8. The maximum Gasteiger partial charge on any atom is 0.261 e. The van der Waals surface area contributed by atoms with E-state index in [9.17, 15) is 9.59 Å². The van der Waals surface area contributed by atoms with Gasteiger partial charge in [0.2, 0.25) is 5.91 Å². The van der Waals surface area contributed by atoms with Gasteiger partial charge < -0.3 is 15.0 Å². The highest BCUT2D eigenvalue weighted by Crippen LogP contribution is 2.24. The summed E-state index contributed by atoms with van der Waals surface area (Å²) in [6.45, 7) is 5.84. The van der Waals surface area contributed by atoms with Crippen LogP contribution in [0.25, 0.3) is 0 Å². The minimum absolute atomic E-state index is 0.168. The van der Waals surface area contributed by atoms with Crippen LogP contribution in [0.2, 0.25) is 10.0 Å². The second-order valence-corrected chi connectivity index (χ2v) is 7.68. The Morgan fingerprint density at radius 3 is 2.41 bits per heavy atom. The van der Waals surface area contributed by atoms with Gasteiger partial charge in [0.25, 0.3) is 5.91 Å². The first-order valence-electron chi connectivity index (χ1n) is 9.41. The molecule has 1 atom stereocenters. The summed E-state index contributed by atoms with van der Waals surface area (Å²) < 4.78 is 5.75. The van der Waals surface area contributed by atoms with Crippen molar-refractivity contribution in [3.05, 3.63) is 63.1 Å². The van der Waals surface area contributed by atoms with E-state index in [0.717, 1.165) is 16.7 Å². The standard InChI is InChI=1S/C22H26Cl2N2O3/c1-5-19(22(28)25-4)26(12-16-7-8-17(23)18(24)11-16)21(27)13-29-20-9-6-14(2)10-15(20)3/h6-11,19H,5,12-13H2,1-4H3,(H,25,28)/t19-/m0/s1. The zero-order valence-electron chi connectivity index (χ0n) is 17.1. The Bertz CT molecular complexity index is 886. The molecule has 7 heteroatoms. The molecular formula is C22H26Cl2N2O3. The van der Waals surface area contributed by atoms with Gasteiger partial charge in [-0.05, 0) is 49.6 Å². The van der Waals surface area contributed by atoms with Crippen molar-refractivity contribution in [1.82, 2.24) is 10.2 Å². The van der Waals surface area contributed by atoms with Crippen LogP contribution in [0, 0.1) is 13.8 Å². The van der Waals surface area contributed by atoms with Crippen molar-refractivity contribution in [3.8, 4) is 5.75 Å². The lowest BCUT2D eigenvalue weighted by molar-refractivity contribution is -0.142. The normalized spacial score (nSPS) is 11.7. The molecule has 0 aliphatic heterocycles. The van der Waals surface area contributed by atoms with Crippen molar-refractivity contribution in [2.75, 3.05) is 13.7 Å². The zero-order chi connectivity index (χ0) is 21.6. The van der Waals surface area contributed by atoms with Crippen molar-refractivity contribution < 1.29 is 14.3 Å². The van der Waals surface area contributed by atoms with Crippen molar-refractivity contribution in [2.45, 2.75) is 39.8 Å². The fraction of sp³-hybridized carbons (Fsp3) is 0.364. The molecule has 0 aliphatic rings. The number of benzene rings is 2. The first-order valence-corrected chi connectivity index (χ1v) is 10.2. The highest BCUT2D eigenvalue weighted by molar-refractivity contribution is 6.42. The molecule has 0 bridgehead atoms. The number of nitrogens with one attached hydrogen (secondary N) is 1. The van der Waals surface area contributed by atoms with Crippen molar-refractivity contribution >= 4 is 35.0 Å². The molecule has 2 aromatic rings. The molecule has 0 radical (unpaired) electrons. The van der Waals surface area contributed by atoms with E-state index in [1.54, 1.807) is 25.2 Å². The van der Waals surface area contributed by atoms with Gasteiger partial charge in [-0.2, -0.15) is 0 Å². The molecular weight excluding hydrogens is 411 g/mol. The summed E-state index contributed by atoms with van der Waals surface area (Å²) in [5.74, 6) is 0.130. The van der Waals surface area contributed by atoms with E-state index < -0.39 is 6.04 Å². The van der Waals surface area contributed by atoms with E-state index in [-0.39, 0.29) is 25.0 Å². The van der Waals surface area contributed by atoms with Gasteiger partial charge in [0.05, 0.1) is 10.0 Å².